The summed E-state index contributed by atoms with van der Waals surface area (Å²) in [5.41, 5.74) is -1.34. The van der Waals surface area contributed by atoms with Crippen molar-refractivity contribution in [3.8, 4) is 11.4 Å². The normalized spacial score (nSPS) is 11.8. The van der Waals surface area contributed by atoms with Crippen LogP contribution in [0.4, 0.5) is 13.2 Å². The molecule has 0 spiro atoms. The molecule has 11 heteroatoms. The zero-order valence-corrected chi connectivity index (χ0v) is 17.0. The van der Waals surface area contributed by atoms with E-state index < -0.39 is 29.3 Å². The van der Waals surface area contributed by atoms with Gasteiger partial charge in [-0.25, -0.2) is 14.3 Å². The molecule has 1 heterocycles. The quantitative estimate of drug-likeness (QED) is 0.546. The second-order valence-corrected chi connectivity index (χ2v) is 7.22. The van der Waals surface area contributed by atoms with Crippen LogP contribution in [0.2, 0.25) is 0 Å². The molecular formula is C21H18F3N3O5. The topological polar surface area (TPSA) is 104 Å². The number of hydrogen-bond donors (Lipinski definition) is 1. The largest absolute Gasteiger partial charge is 0.478 e. The van der Waals surface area contributed by atoms with Gasteiger partial charge in [0.05, 0.1) is 23.0 Å². The van der Waals surface area contributed by atoms with Gasteiger partial charge in [0.1, 0.15) is 18.1 Å². The van der Waals surface area contributed by atoms with Crippen molar-refractivity contribution in [2.75, 3.05) is 0 Å². The first kappa shape index (κ1) is 22.8. The van der Waals surface area contributed by atoms with Gasteiger partial charge in [-0.2, -0.15) is 13.2 Å². The van der Waals surface area contributed by atoms with Gasteiger partial charge in [-0.05, 0) is 62.4 Å². The third kappa shape index (κ3) is 5.42. The minimum atomic E-state index is -4.43. The fourth-order valence-corrected chi connectivity index (χ4v) is 2.51. The molecule has 0 aliphatic heterocycles. The molecule has 0 fully saturated rings. The number of carboxylic acid groups (broad SMARTS) is 1. The Hall–Kier alpha value is -3.89. The van der Waals surface area contributed by atoms with E-state index in [-0.39, 0.29) is 17.9 Å². The van der Waals surface area contributed by atoms with E-state index in [0.717, 1.165) is 12.1 Å². The number of esters is 1. The molecule has 0 saturated carbocycles. The van der Waals surface area contributed by atoms with Crippen molar-refractivity contribution < 1.29 is 37.3 Å². The van der Waals surface area contributed by atoms with E-state index in [1.807, 2.05) is 0 Å². The fraction of sp³-hybridized carbons (Fsp3) is 0.238. The Morgan fingerprint density at radius 2 is 1.66 bits per heavy atom. The SMILES string of the molecule is CC(C)(Oc1ccc(C(=O)OCc2cn(-c3ccc(C(F)(F)F)cc3)nn2)cc1)C(=O)O. The molecule has 0 radical (unpaired) electrons. The van der Waals surface area contributed by atoms with Gasteiger partial charge in [0.2, 0.25) is 0 Å². The standard InChI is InChI=1S/C21H18F3N3O5/c1-20(2,19(29)30)32-17-9-3-13(4-10-17)18(28)31-12-15-11-27(26-25-15)16-7-5-14(6-8-16)21(22,23)24/h3-11H,12H2,1-2H3,(H,29,30). The smallest absolute Gasteiger partial charge is 0.416 e. The number of hydrogen-bond acceptors (Lipinski definition) is 6. The molecule has 0 amide bonds. The molecule has 32 heavy (non-hydrogen) atoms. The molecule has 0 saturated heterocycles. The van der Waals surface area contributed by atoms with Crippen molar-refractivity contribution in [2.24, 2.45) is 0 Å². The van der Waals surface area contributed by atoms with Crippen molar-refractivity contribution in [1.29, 1.82) is 0 Å². The molecule has 3 aromatic rings. The Balaban J connectivity index is 1.59. The molecule has 0 aliphatic rings. The van der Waals surface area contributed by atoms with Gasteiger partial charge in [-0.3, -0.25) is 0 Å². The van der Waals surface area contributed by atoms with Crippen molar-refractivity contribution >= 4 is 11.9 Å². The zero-order valence-electron chi connectivity index (χ0n) is 17.0. The number of rotatable bonds is 7. The molecular weight excluding hydrogens is 431 g/mol. The molecule has 0 atom stereocenters. The molecule has 0 aliphatic carbocycles. The van der Waals surface area contributed by atoms with Gasteiger partial charge in [-0.1, -0.05) is 5.21 Å². The lowest BCUT2D eigenvalue weighted by Gasteiger charge is -2.21. The fourth-order valence-electron chi connectivity index (χ4n) is 2.51. The number of carbonyl (C=O) groups is 2. The molecule has 0 unspecified atom stereocenters. The van der Waals surface area contributed by atoms with E-state index in [4.69, 9.17) is 14.6 Å². The molecule has 1 N–H and O–H groups in total. The Morgan fingerprint density at radius 1 is 1.03 bits per heavy atom. The van der Waals surface area contributed by atoms with E-state index >= 15 is 0 Å². The summed E-state index contributed by atoms with van der Waals surface area (Å²) in [5, 5.41) is 16.7. The Bertz CT molecular complexity index is 1110. The lowest BCUT2D eigenvalue weighted by Crippen LogP contribution is -2.37. The van der Waals surface area contributed by atoms with Crippen molar-refractivity contribution in [3.05, 3.63) is 71.5 Å². The number of aromatic nitrogens is 3. The van der Waals surface area contributed by atoms with Crippen LogP contribution in [0.5, 0.6) is 5.75 Å². The van der Waals surface area contributed by atoms with Crippen LogP contribution in [0, 0.1) is 0 Å². The first-order chi connectivity index (χ1) is 15.0. The van der Waals surface area contributed by atoms with Crippen LogP contribution in [0.15, 0.2) is 54.7 Å². The highest BCUT2D eigenvalue weighted by Crippen LogP contribution is 2.29. The first-order valence-corrected chi connectivity index (χ1v) is 9.24. The number of carbonyl (C=O) groups excluding carboxylic acids is 1. The minimum absolute atomic E-state index is 0.205. The van der Waals surface area contributed by atoms with Crippen LogP contribution in [0.25, 0.3) is 5.69 Å². The summed E-state index contributed by atoms with van der Waals surface area (Å²) in [6, 6.07) is 10.1. The number of carboxylic acids is 1. The number of halogens is 3. The number of benzene rings is 2. The average molecular weight is 449 g/mol. The average Bonchev–Trinajstić information content (AvgIpc) is 3.21. The summed E-state index contributed by atoms with van der Waals surface area (Å²) in [5.74, 6) is -1.52. The number of aliphatic carboxylic acids is 1. The molecule has 2 aromatic carbocycles. The van der Waals surface area contributed by atoms with E-state index in [1.165, 1.54) is 61.1 Å². The highest BCUT2D eigenvalue weighted by molar-refractivity contribution is 5.89. The second-order valence-electron chi connectivity index (χ2n) is 7.22. The van der Waals surface area contributed by atoms with Crippen LogP contribution in [-0.2, 0) is 22.3 Å². The highest BCUT2D eigenvalue weighted by atomic mass is 19.4. The van der Waals surface area contributed by atoms with Crippen molar-refractivity contribution in [2.45, 2.75) is 32.2 Å². The van der Waals surface area contributed by atoms with Gasteiger partial charge < -0.3 is 14.6 Å². The first-order valence-electron chi connectivity index (χ1n) is 9.24. The van der Waals surface area contributed by atoms with Crippen LogP contribution in [-0.4, -0.2) is 37.6 Å². The van der Waals surface area contributed by atoms with E-state index in [2.05, 4.69) is 10.3 Å². The van der Waals surface area contributed by atoms with Gasteiger partial charge >= 0.3 is 18.1 Å². The van der Waals surface area contributed by atoms with Crippen molar-refractivity contribution in [3.63, 3.8) is 0 Å². The Kier molecular flexibility index (Phi) is 6.19. The van der Waals surface area contributed by atoms with Gasteiger partial charge in [-0.15, -0.1) is 5.10 Å². The predicted molar refractivity (Wildman–Crippen MR) is 104 cm³/mol. The monoisotopic (exact) mass is 449 g/mol. The zero-order chi connectivity index (χ0) is 23.5. The predicted octanol–water partition coefficient (Wildman–Crippen LogP) is 3.89. The molecule has 1 aromatic heterocycles. The summed E-state index contributed by atoms with van der Waals surface area (Å²) in [6.07, 6.45) is -3.00. The molecule has 0 bridgehead atoms. The summed E-state index contributed by atoms with van der Waals surface area (Å²) in [7, 11) is 0. The Morgan fingerprint density at radius 3 is 2.22 bits per heavy atom. The number of alkyl halides is 3. The van der Waals surface area contributed by atoms with Crippen LogP contribution in [0.3, 0.4) is 0 Å². The third-order valence-corrected chi connectivity index (χ3v) is 4.33. The number of ether oxygens (including phenoxy) is 2. The van der Waals surface area contributed by atoms with Crippen LogP contribution >= 0.6 is 0 Å². The van der Waals surface area contributed by atoms with Crippen LogP contribution < -0.4 is 4.74 Å². The van der Waals surface area contributed by atoms with Crippen LogP contribution in [0.1, 0.15) is 35.5 Å². The van der Waals surface area contributed by atoms with E-state index in [0.29, 0.717) is 11.4 Å². The van der Waals surface area contributed by atoms with Gasteiger partial charge in [0.15, 0.2) is 5.60 Å². The number of nitrogens with zero attached hydrogens (tertiary/aromatic N) is 3. The maximum Gasteiger partial charge on any atom is 0.416 e. The summed E-state index contributed by atoms with van der Waals surface area (Å²) >= 11 is 0. The molecule has 3 rings (SSSR count). The van der Waals surface area contributed by atoms with Gasteiger partial charge in [0, 0.05) is 0 Å². The maximum absolute atomic E-state index is 12.7. The lowest BCUT2D eigenvalue weighted by atomic mass is 10.1. The summed E-state index contributed by atoms with van der Waals surface area (Å²) in [6.45, 7) is 2.59. The summed E-state index contributed by atoms with van der Waals surface area (Å²) < 4.78 is 49.8. The second kappa shape index (κ2) is 8.69. The van der Waals surface area contributed by atoms with Crippen molar-refractivity contribution in [1.82, 2.24) is 15.0 Å². The molecule has 8 nitrogen and oxygen atoms in total. The third-order valence-electron chi connectivity index (χ3n) is 4.33. The van der Waals surface area contributed by atoms with E-state index in [9.17, 15) is 22.8 Å². The Labute approximate surface area is 180 Å². The minimum Gasteiger partial charge on any atom is -0.478 e. The van der Waals surface area contributed by atoms with Gasteiger partial charge in [0.25, 0.3) is 0 Å². The lowest BCUT2D eigenvalue weighted by molar-refractivity contribution is -0.152. The highest BCUT2D eigenvalue weighted by Gasteiger charge is 2.30. The maximum atomic E-state index is 12.7. The van der Waals surface area contributed by atoms with E-state index in [1.54, 1.807) is 0 Å². The summed E-state index contributed by atoms with van der Waals surface area (Å²) in [4.78, 5) is 23.3. The molecule has 168 valence electrons.